The number of carbonyl (C=O) groups is 1. The van der Waals surface area contributed by atoms with E-state index in [-0.39, 0.29) is 17.5 Å². The van der Waals surface area contributed by atoms with Gasteiger partial charge in [-0.1, -0.05) is 23.9 Å². The van der Waals surface area contributed by atoms with Crippen molar-refractivity contribution in [1.29, 1.82) is 0 Å². The third-order valence-electron chi connectivity index (χ3n) is 3.67. The van der Waals surface area contributed by atoms with Crippen LogP contribution < -0.4 is 22.1 Å². The second-order valence-corrected chi connectivity index (χ2v) is 6.36. The number of thioether (sulfide) groups is 1. The summed E-state index contributed by atoms with van der Waals surface area (Å²) in [5, 5.41) is 7.13. The summed E-state index contributed by atoms with van der Waals surface area (Å²) in [6.45, 7) is 1.78. The minimum Gasteiger partial charge on any atom is -0.383 e. The monoisotopic (exact) mass is 317 g/mol. The number of benzene rings is 1. The highest BCUT2D eigenvalue weighted by atomic mass is 32.2. The van der Waals surface area contributed by atoms with Crippen molar-refractivity contribution < 1.29 is 4.79 Å². The van der Waals surface area contributed by atoms with E-state index in [4.69, 9.17) is 11.5 Å². The topological polar surface area (TPSA) is 106 Å². The van der Waals surface area contributed by atoms with E-state index in [1.54, 1.807) is 0 Å². The van der Waals surface area contributed by atoms with Crippen LogP contribution in [0, 0.1) is 0 Å². The van der Waals surface area contributed by atoms with Crippen molar-refractivity contribution in [1.82, 2.24) is 5.32 Å². The van der Waals surface area contributed by atoms with E-state index in [0.717, 1.165) is 36.5 Å². The summed E-state index contributed by atoms with van der Waals surface area (Å²) in [4.78, 5) is 17.4. The summed E-state index contributed by atoms with van der Waals surface area (Å²) in [5.74, 6) is -0.350. The molecule has 2 aliphatic heterocycles. The molecule has 0 aromatic heterocycles. The van der Waals surface area contributed by atoms with Gasteiger partial charge in [-0.05, 0) is 31.5 Å². The van der Waals surface area contributed by atoms with Gasteiger partial charge in [0.05, 0.1) is 16.8 Å². The number of aliphatic imine (C=N–C) groups is 1. The predicted molar refractivity (Wildman–Crippen MR) is 89.7 cm³/mol. The van der Waals surface area contributed by atoms with Crippen LogP contribution in [0.5, 0.6) is 0 Å². The molecule has 116 valence electrons. The zero-order valence-corrected chi connectivity index (χ0v) is 13.0. The van der Waals surface area contributed by atoms with Crippen molar-refractivity contribution in [2.45, 2.75) is 23.8 Å². The van der Waals surface area contributed by atoms with Gasteiger partial charge in [0.25, 0.3) is 5.91 Å². The third-order valence-corrected chi connectivity index (χ3v) is 4.76. The lowest BCUT2D eigenvalue weighted by Crippen LogP contribution is -2.36. The van der Waals surface area contributed by atoms with Gasteiger partial charge in [-0.25, -0.2) is 0 Å². The first-order valence-corrected chi connectivity index (χ1v) is 8.09. The first-order chi connectivity index (χ1) is 10.6. The highest BCUT2D eigenvalue weighted by Gasteiger charge is 2.25. The van der Waals surface area contributed by atoms with Gasteiger partial charge in [0.15, 0.2) is 0 Å². The van der Waals surface area contributed by atoms with E-state index >= 15 is 0 Å². The van der Waals surface area contributed by atoms with E-state index in [9.17, 15) is 4.79 Å². The summed E-state index contributed by atoms with van der Waals surface area (Å²) < 4.78 is 0. The number of hydrogen-bond acceptors (Lipinski definition) is 5. The van der Waals surface area contributed by atoms with Crippen molar-refractivity contribution in [3.8, 4) is 0 Å². The van der Waals surface area contributed by atoms with E-state index in [1.807, 2.05) is 24.3 Å². The maximum absolute atomic E-state index is 11.9. The van der Waals surface area contributed by atoms with Crippen LogP contribution in [-0.2, 0) is 4.79 Å². The second-order valence-electron chi connectivity index (χ2n) is 5.31. The molecule has 1 aromatic carbocycles. The van der Waals surface area contributed by atoms with Crippen LogP contribution in [0.1, 0.15) is 12.8 Å². The Labute approximate surface area is 133 Å². The van der Waals surface area contributed by atoms with Gasteiger partial charge in [-0.3, -0.25) is 9.79 Å². The van der Waals surface area contributed by atoms with Gasteiger partial charge >= 0.3 is 0 Å². The van der Waals surface area contributed by atoms with Crippen LogP contribution in [-0.4, -0.2) is 30.9 Å². The molecule has 2 heterocycles. The summed E-state index contributed by atoms with van der Waals surface area (Å²) in [5.41, 5.74) is 12.8. The Balaban J connectivity index is 1.89. The van der Waals surface area contributed by atoms with E-state index in [1.165, 1.54) is 11.8 Å². The Kier molecular flexibility index (Phi) is 4.35. The van der Waals surface area contributed by atoms with Crippen LogP contribution in [0.2, 0.25) is 0 Å². The quantitative estimate of drug-likeness (QED) is 0.378. The number of hydrogen-bond donors (Lipinski definition) is 4. The van der Waals surface area contributed by atoms with Crippen molar-refractivity contribution in [2.75, 3.05) is 18.4 Å². The number of para-hydroxylation sites is 1. The van der Waals surface area contributed by atoms with Gasteiger partial charge in [0, 0.05) is 11.4 Å². The van der Waals surface area contributed by atoms with Crippen LogP contribution in [0.3, 0.4) is 0 Å². The molecule has 0 bridgehead atoms. The Hall–Kier alpha value is -1.99. The van der Waals surface area contributed by atoms with Crippen LogP contribution >= 0.6 is 11.8 Å². The molecule has 1 aromatic rings. The molecule has 6 nitrogen and oxygen atoms in total. The summed E-state index contributed by atoms with van der Waals surface area (Å²) in [6, 6.07) is 7.91. The van der Waals surface area contributed by atoms with Crippen molar-refractivity contribution >= 4 is 29.2 Å². The van der Waals surface area contributed by atoms with E-state index < -0.39 is 5.91 Å². The zero-order chi connectivity index (χ0) is 15.5. The number of carbonyl (C=O) groups excluding carboxylic acids is 1. The van der Waals surface area contributed by atoms with E-state index in [0.29, 0.717) is 5.03 Å². The lowest BCUT2D eigenvalue weighted by molar-refractivity contribution is -0.114. The van der Waals surface area contributed by atoms with Crippen molar-refractivity contribution in [3.63, 3.8) is 0 Å². The molecular formula is C15H19N5OS. The first-order valence-electron chi connectivity index (χ1n) is 7.27. The number of fused-ring (bicyclic) bond motifs is 1. The largest absolute Gasteiger partial charge is 0.383 e. The number of nitrogens with zero attached hydrogens (tertiary/aromatic N) is 1. The molecule has 0 aliphatic carbocycles. The molecule has 3 rings (SSSR count). The molecule has 0 spiro atoms. The van der Waals surface area contributed by atoms with Crippen molar-refractivity contribution in [3.05, 3.63) is 34.9 Å². The normalized spacial score (nSPS) is 23.6. The number of nitrogens with one attached hydrogen (secondary N) is 2. The molecule has 1 saturated heterocycles. The Morgan fingerprint density at radius 2 is 2.14 bits per heavy atom. The molecule has 1 unspecified atom stereocenters. The summed E-state index contributed by atoms with van der Waals surface area (Å²) >= 11 is 1.45. The maximum atomic E-state index is 11.9. The molecule has 0 radical (unpaired) electrons. The maximum Gasteiger partial charge on any atom is 0.255 e. The van der Waals surface area contributed by atoms with Crippen LogP contribution in [0.25, 0.3) is 0 Å². The molecule has 0 saturated carbocycles. The average Bonchev–Trinajstić information content (AvgIpc) is 2.91. The number of piperidine rings is 1. The molecule has 6 N–H and O–H groups in total. The molecule has 7 heteroatoms. The van der Waals surface area contributed by atoms with Gasteiger partial charge in [-0.2, -0.15) is 0 Å². The Bertz CT molecular complexity index is 622. The summed E-state index contributed by atoms with van der Waals surface area (Å²) in [6.07, 6.45) is 2.03. The lowest BCUT2D eigenvalue weighted by atomic mass is 10.1. The molecule has 1 atom stereocenters. The second kappa shape index (κ2) is 6.41. The number of anilines is 1. The van der Waals surface area contributed by atoms with Gasteiger partial charge in [0.2, 0.25) is 0 Å². The van der Waals surface area contributed by atoms with Crippen LogP contribution in [0.4, 0.5) is 5.69 Å². The smallest absolute Gasteiger partial charge is 0.255 e. The highest BCUT2D eigenvalue weighted by molar-refractivity contribution is 8.03. The van der Waals surface area contributed by atoms with Gasteiger partial charge in [-0.15, -0.1) is 0 Å². The zero-order valence-electron chi connectivity index (χ0n) is 12.1. The number of rotatable bonds is 3. The van der Waals surface area contributed by atoms with Crippen LogP contribution in [0.15, 0.2) is 44.8 Å². The number of nitrogens with two attached hydrogens (primary N) is 2. The average molecular weight is 317 g/mol. The number of primary amides is 1. The number of amides is 1. The fourth-order valence-corrected chi connectivity index (χ4v) is 3.65. The Morgan fingerprint density at radius 3 is 2.82 bits per heavy atom. The van der Waals surface area contributed by atoms with Crippen molar-refractivity contribution in [2.24, 2.45) is 16.5 Å². The summed E-state index contributed by atoms with van der Waals surface area (Å²) in [7, 11) is 0. The molecular weight excluding hydrogens is 298 g/mol. The minimum atomic E-state index is -0.562. The molecule has 1 fully saturated rings. The molecule has 22 heavy (non-hydrogen) atoms. The lowest BCUT2D eigenvalue weighted by Gasteiger charge is -2.20. The molecule has 2 aliphatic rings. The first kappa shape index (κ1) is 14.9. The molecule has 1 amide bonds. The number of amidine groups is 1. The Morgan fingerprint density at radius 1 is 1.32 bits per heavy atom. The minimum absolute atomic E-state index is 0.0949. The van der Waals surface area contributed by atoms with Gasteiger partial charge < -0.3 is 22.1 Å². The highest BCUT2D eigenvalue weighted by Crippen LogP contribution is 2.41. The third kappa shape index (κ3) is 3.10. The SMILES string of the molecule is NC(=O)C(C(N)=NC1CCCNC1)=C1Nc2ccccc2S1. The fourth-order valence-electron chi connectivity index (χ4n) is 2.59. The van der Waals surface area contributed by atoms with Gasteiger partial charge in [0.1, 0.15) is 11.4 Å². The van der Waals surface area contributed by atoms with E-state index in [2.05, 4.69) is 15.6 Å². The fraction of sp³-hybridized carbons (Fsp3) is 0.333. The predicted octanol–water partition coefficient (Wildman–Crippen LogP) is 1.01. The standard InChI is InChI=1S/C15H19N5OS/c16-13(19-9-4-3-7-18-8-9)12(14(17)21)15-20-10-5-1-2-6-11(10)22-15/h1-2,5-6,9,18,20H,3-4,7-8H2,(H2,16,19)(H2,17,21).